The van der Waals surface area contributed by atoms with Gasteiger partial charge in [0.1, 0.15) is 23.9 Å². The molecule has 5 nitrogen and oxygen atoms in total. The third-order valence-electron chi connectivity index (χ3n) is 6.84. The number of ether oxygens (including phenoxy) is 2. The lowest BCUT2D eigenvalue weighted by atomic mass is 9.78. The number of rotatable bonds is 5. The molecule has 2 aromatic rings. The standard InChI is InChI=1S/C30H41N2O3/c1-8-18-30(5,6)25-16-17-26(34-7)24(21-25)20-23-15-12-19-32(31,28(33)35-29(2,3)4)27(23)22-13-10-9-11-14-22/h9-11,13-14,16-17,21,23,27H,12,15,19-20,31H2,1-7H3/q+1/t23-,27+,32?/m0/s1. The number of hydrogen-bond donors (Lipinski definition) is 1. The van der Waals surface area contributed by atoms with E-state index in [1.54, 1.807) is 7.11 Å². The van der Waals surface area contributed by atoms with Crippen LogP contribution in [0, 0.1) is 17.8 Å². The first-order valence-corrected chi connectivity index (χ1v) is 12.5. The van der Waals surface area contributed by atoms with E-state index in [1.165, 1.54) is 0 Å². The fourth-order valence-electron chi connectivity index (χ4n) is 5.24. The lowest BCUT2D eigenvalue weighted by Gasteiger charge is -2.44. The molecule has 5 heteroatoms. The van der Waals surface area contributed by atoms with Gasteiger partial charge in [-0.25, -0.2) is 0 Å². The molecule has 1 saturated heterocycles. The first-order valence-electron chi connectivity index (χ1n) is 12.5. The van der Waals surface area contributed by atoms with Gasteiger partial charge in [-0.15, -0.1) is 10.5 Å². The van der Waals surface area contributed by atoms with E-state index < -0.39 is 5.60 Å². The van der Waals surface area contributed by atoms with Crippen LogP contribution in [0.4, 0.5) is 4.79 Å². The number of nitrogens with zero attached hydrogens (tertiary/aromatic N) is 1. The molecule has 3 atom stereocenters. The maximum absolute atomic E-state index is 13.5. The smallest absolute Gasteiger partial charge is 0.496 e. The summed E-state index contributed by atoms with van der Waals surface area (Å²) in [4.78, 5) is 13.5. The van der Waals surface area contributed by atoms with Crippen LogP contribution in [0.5, 0.6) is 5.75 Å². The second-order valence-corrected chi connectivity index (χ2v) is 11.1. The van der Waals surface area contributed by atoms with E-state index in [0.717, 1.165) is 41.7 Å². The van der Waals surface area contributed by atoms with Crippen molar-refractivity contribution < 1.29 is 18.9 Å². The molecule has 2 aromatic carbocycles. The Kier molecular flexibility index (Phi) is 7.99. The quantitative estimate of drug-likeness (QED) is 0.237. The molecule has 1 aliphatic heterocycles. The van der Waals surface area contributed by atoms with Crippen molar-refractivity contribution in [3.8, 4) is 17.6 Å². The molecule has 0 radical (unpaired) electrons. The molecule has 1 unspecified atom stereocenters. The number of likely N-dealkylation sites (tertiary alicyclic amines) is 1. The number of nitrogens with two attached hydrogens (primary N) is 1. The summed E-state index contributed by atoms with van der Waals surface area (Å²) in [5.41, 5.74) is 2.43. The maximum Gasteiger partial charge on any atom is 0.536 e. The molecule has 188 valence electrons. The summed E-state index contributed by atoms with van der Waals surface area (Å²) in [6.07, 6.45) is 2.17. The average Bonchev–Trinajstić information content (AvgIpc) is 2.78. The van der Waals surface area contributed by atoms with Crippen LogP contribution in [0.2, 0.25) is 0 Å². The van der Waals surface area contributed by atoms with Gasteiger partial charge in [0.25, 0.3) is 0 Å². The van der Waals surface area contributed by atoms with Crippen LogP contribution in [0.3, 0.4) is 0 Å². The lowest BCUT2D eigenvalue weighted by Crippen LogP contribution is -2.65. The van der Waals surface area contributed by atoms with E-state index in [-0.39, 0.29) is 28.1 Å². The molecule has 0 aliphatic carbocycles. The molecule has 0 spiro atoms. The van der Waals surface area contributed by atoms with E-state index in [1.807, 2.05) is 52.0 Å². The largest absolute Gasteiger partial charge is 0.536 e. The molecule has 35 heavy (non-hydrogen) atoms. The van der Waals surface area contributed by atoms with E-state index in [9.17, 15) is 4.79 Å². The van der Waals surface area contributed by atoms with E-state index in [0.29, 0.717) is 6.54 Å². The second kappa shape index (κ2) is 10.4. The highest BCUT2D eigenvalue weighted by Crippen LogP contribution is 2.43. The van der Waals surface area contributed by atoms with Gasteiger partial charge in [-0.3, -0.25) is 0 Å². The normalized spacial score (nSPS) is 22.6. The molecular formula is C30H41N2O3+. The van der Waals surface area contributed by atoms with Crippen LogP contribution in [0.25, 0.3) is 0 Å². The van der Waals surface area contributed by atoms with Gasteiger partial charge in [-0.2, -0.15) is 10.6 Å². The highest BCUT2D eigenvalue weighted by Gasteiger charge is 2.52. The molecule has 1 heterocycles. The zero-order chi connectivity index (χ0) is 25.9. The third kappa shape index (κ3) is 6.07. The molecule has 0 aromatic heterocycles. The van der Waals surface area contributed by atoms with E-state index >= 15 is 0 Å². The molecule has 1 amide bonds. The topological polar surface area (TPSA) is 61.5 Å². The van der Waals surface area contributed by atoms with Crippen molar-refractivity contribution in [2.45, 2.75) is 77.9 Å². The Bertz CT molecular complexity index is 1090. The Morgan fingerprint density at radius 2 is 1.80 bits per heavy atom. The fraction of sp³-hybridized carbons (Fsp3) is 0.500. The van der Waals surface area contributed by atoms with Gasteiger partial charge in [-0.1, -0.05) is 48.4 Å². The van der Waals surface area contributed by atoms with Crippen molar-refractivity contribution in [3.63, 3.8) is 0 Å². The first kappa shape index (κ1) is 26.8. The first-order chi connectivity index (χ1) is 16.4. The van der Waals surface area contributed by atoms with Crippen LogP contribution in [0.15, 0.2) is 48.5 Å². The van der Waals surface area contributed by atoms with Gasteiger partial charge in [-0.05, 0) is 78.0 Å². The van der Waals surface area contributed by atoms with Crippen LogP contribution in [-0.2, 0) is 16.6 Å². The summed E-state index contributed by atoms with van der Waals surface area (Å²) in [5.74, 6) is 14.3. The minimum absolute atomic E-state index is 0.133. The van der Waals surface area contributed by atoms with E-state index in [2.05, 4.69) is 50.0 Å². The number of amides is 1. The van der Waals surface area contributed by atoms with Crippen LogP contribution in [-0.4, -0.2) is 29.9 Å². The van der Waals surface area contributed by atoms with Gasteiger partial charge in [0.05, 0.1) is 12.5 Å². The molecule has 2 N–H and O–H groups in total. The molecule has 1 aliphatic rings. The summed E-state index contributed by atoms with van der Waals surface area (Å²) in [5, 5.41) is 0. The third-order valence-corrected chi connectivity index (χ3v) is 6.84. The van der Waals surface area contributed by atoms with Crippen LogP contribution < -0.4 is 10.6 Å². The van der Waals surface area contributed by atoms with Crippen molar-refractivity contribution in [3.05, 3.63) is 65.2 Å². The van der Waals surface area contributed by atoms with Crippen molar-refractivity contribution in [2.24, 2.45) is 11.8 Å². The van der Waals surface area contributed by atoms with Crippen molar-refractivity contribution in [1.29, 1.82) is 0 Å². The van der Waals surface area contributed by atoms with E-state index in [4.69, 9.17) is 15.3 Å². The zero-order valence-electron chi connectivity index (χ0n) is 22.4. The van der Waals surface area contributed by atoms with Crippen molar-refractivity contribution in [2.75, 3.05) is 13.7 Å². The summed E-state index contributed by atoms with van der Waals surface area (Å²) in [7, 11) is 1.70. The summed E-state index contributed by atoms with van der Waals surface area (Å²) in [6.45, 7) is 12.3. The van der Waals surface area contributed by atoms with Crippen molar-refractivity contribution in [1.82, 2.24) is 0 Å². The Morgan fingerprint density at radius 1 is 1.11 bits per heavy atom. The predicted octanol–water partition coefficient (Wildman–Crippen LogP) is 6.32. The molecule has 0 saturated carbocycles. The summed E-state index contributed by atoms with van der Waals surface area (Å²) >= 11 is 0. The molecule has 3 rings (SSSR count). The van der Waals surface area contributed by atoms with Gasteiger partial charge >= 0.3 is 6.09 Å². The summed E-state index contributed by atoms with van der Waals surface area (Å²) in [6, 6.07) is 16.2. The highest BCUT2D eigenvalue weighted by molar-refractivity contribution is 5.60. The number of hydrogen-bond acceptors (Lipinski definition) is 4. The van der Waals surface area contributed by atoms with Crippen LogP contribution >= 0.6 is 0 Å². The monoisotopic (exact) mass is 477 g/mol. The minimum Gasteiger partial charge on any atom is -0.496 e. The van der Waals surface area contributed by atoms with Gasteiger partial charge < -0.3 is 9.47 Å². The number of carbonyl (C=O) groups excluding carboxylic acids is 1. The fourth-order valence-corrected chi connectivity index (χ4v) is 5.24. The number of piperidine rings is 1. The SMILES string of the molecule is CC#CC(C)(C)c1ccc(OC)c(C[C@@H]2CCC[N+](N)(C(=O)OC(C)(C)C)[C@@H]2c2ccccc2)c1. The number of benzene rings is 2. The zero-order valence-corrected chi connectivity index (χ0v) is 22.4. The Balaban J connectivity index is 2.06. The molecular weight excluding hydrogens is 436 g/mol. The Labute approximate surface area is 211 Å². The number of methoxy groups -OCH3 is 1. The van der Waals surface area contributed by atoms with Gasteiger partial charge in [0.15, 0.2) is 0 Å². The molecule has 1 fully saturated rings. The Hall–Kier alpha value is -2.81. The van der Waals surface area contributed by atoms with Gasteiger partial charge in [0, 0.05) is 11.5 Å². The number of carbonyl (C=O) groups is 1. The average molecular weight is 478 g/mol. The minimum atomic E-state index is -0.612. The van der Waals surface area contributed by atoms with Crippen LogP contribution in [0.1, 0.15) is 77.1 Å². The highest BCUT2D eigenvalue weighted by atomic mass is 16.6. The Morgan fingerprint density at radius 3 is 2.40 bits per heavy atom. The molecule has 0 bridgehead atoms. The second-order valence-electron chi connectivity index (χ2n) is 11.1. The summed E-state index contributed by atoms with van der Waals surface area (Å²) < 4.78 is 11.3. The number of quaternary nitrogens is 1. The van der Waals surface area contributed by atoms with Crippen molar-refractivity contribution >= 4 is 6.09 Å². The maximum atomic E-state index is 13.5. The lowest BCUT2D eigenvalue weighted by molar-refractivity contribution is -0.911. The predicted molar refractivity (Wildman–Crippen MR) is 141 cm³/mol. The van der Waals surface area contributed by atoms with Gasteiger partial charge in [0.2, 0.25) is 0 Å².